The van der Waals surface area contributed by atoms with Crippen molar-refractivity contribution in [3.63, 3.8) is 0 Å². The van der Waals surface area contributed by atoms with Gasteiger partial charge in [0.1, 0.15) is 22.5 Å². The molecule has 0 fully saturated rings. The summed E-state index contributed by atoms with van der Waals surface area (Å²) in [6.07, 6.45) is 1.50. The molecule has 0 aliphatic heterocycles. The molecule has 1 N–H and O–H groups in total. The Bertz CT molecular complexity index is 882. The zero-order chi connectivity index (χ0) is 16.9. The average Bonchev–Trinajstić information content (AvgIpc) is 3.08. The molecule has 2 aromatic carbocycles. The highest BCUT2D eigenvalue weighted by molar-refractivity contribution is 5.97. The summed E-state index contributed by atoms with van der Waals surface area (Å²) in [4.78, 5) is 12.1. The lowest BCUT2D eigenvalue weighted by Gasteiger charge is -2.05. The second kappa shape index (κ2) is 6.78. The fourth-order valence-corrected chi connectivity index (χ4v) is 2.06. The number of hydrazone groups is 1. The minimum absolute atomic E-state index is 0.369. The van der Waals surface area contributed by atoms with E-state index in [1.807, 2.05) is 0 Å². The normalized spacial score (nSPS) is 10.9. The van der Waals surface area contributed by atoms with E-state index in [4.69, 9.17) is 9.47 Å². The molecule has 0 spiro atoms. The van der Waals surface area contributed by atoms with E-state index >= 15 is 0 Å². The molecule has 0 radical (unpaired) electrons. The van der Waals surface area contributed by atoms with Crippen molar-refractivity contribution in [3.8, 4) is 11.5 Å². The maximum atomic E-state index is 12.1. The van der Waals surface area contributed by atoms with Crippen LogP contribution < -0.4 is 14.9 Å². The first-order valence-electron chi connectivity index (χ1n) is 6.98. The predicted molar refractivity (Wildman–Crippen MR) is 86.4 cm³/mol. The molecule has 8 heteroatoms. The van der Waals surface area contributed by atoms with Crippen LogP contribution in [-0.2, 0) is 0 Å². The van der Waals surface area contributed by atoms with Gasteiger partial charge in [0.15, 0.2) is 0 Å². The van der Waals surface area contributed by atoms with E-state index in [2.05, 4.69) is 25.5 Å². The number of nitrogens with zero attached hydrogens (tertiary/aromatic N) is 3. The molecule has 0 bridgehead atoms. The molecule has 0 saturated carbocycles. The summed E-state index contributed by atoms with van der Waals surface area (Å²) in [5.74, 6) is 0.892. The van der Waals surface area contributed by atoms with Gasteiger partial charge in [-0.15, -0.1) is 0 Å². The number of nitrogens with one attached hydrogen (secondary N) is 1. The molecule has 3 rings (SSSR count). The zero-order valence-electron chi connectivity index (χ0n) is 13.0. The number of fused-ring (bicyclic) bond motifs is 1. The molecular formula is C16H14N4O4. The van der Waals surface area contributed by atoms with Gasteiger partial charge in [0.25, 0.3) is 5.91 Å². The Kier molecular flexibility index (Phi) is 4.37. The lowest BCUT2D eigenvalue weighted by molar-refractivity contribution is 0.0955. The van der Waals surface area contributed by atoms with Crippen LogP contribution in [0.25, 0.3) is 11.0 Å². The highest BCUT2D eigenvalue weighted by atomic mass is 16.6. The van der Waals surface area contributed by atoms with E-state index in [1.165, 1.54) is 6.21 Å². The molecule has 1 aromatic heterocycles. The van der Waals surface area contributed by atoms with Crippen LogP contribution in [0.3, 0.4) is 0 Å². The summed E-state index contributed by atoms with van der Waals surface area (Å²) < 4.78 is 15.0. The summed E-state index contributed by atoms with van der Waals surface area (Å²) in [5, 5.41) is 11.3. The van der Waals surface area contributed by atoms with Crippen molar-refractivity contribution < 1.29 is 18.9 Å². The summed E-state index contributed by atoms with van der Waals surface area (Å²) in [6, 6.07) is 10.1. The fourth-order valence-electron chi connectivity index (χ4n) is 2.06. The molecule has 0 saturated heterocycles. The molecule has 24 heavy (non-hydrogen) atoms. The third-order valence-corrected chi connectivity index (χ3v) is 3.27. The van der Waals surface area contributed by atoms with E-state index in [0.29, 0.717) is 28.1 Å². The SMILES string of the molecule is COc1cc(C=NNC(=O)c2ccc3nonc3c2)cc(OC)c1. The molecule has 0 aliphatic carbocycles. The number of benzene rings is 2. The van der Waals surface area contributed by atoms with Gasteiger partial charge in [-0.2, -0.15) is 5.10 Å². The zero-order valence-corrected chi connectivity index (χ0v) is 13.0. The quantitative estimate of drug-likeness (QED) is 0.569. The van der Waals surface area contributed by atoms with Crippen molar-refractivity contribution >= 4 is 23.2 Å². The van der Waals surface area contributed by atoms with E-state index in [0.717, 1.165) is 5.56 Å². The average molecular weight is 326 g/mol. The Balaban J connectivity index is 1.72. The van der Waals surface area contributed by atoms with Gasteiger partial charge in [0, 0.05) is 17.2 Å². The molecule has 122 valence electrons. The summed E-state index contributed by atoms with van der Waals surface area (Å²) in [5.41, 5.74) is 4.66. The van der Waals surface area contributed by atoms with Gasteiger partial charge in [-0.1, -0.05) is 0 Å². The molecule has 0 unspecified atom stereocenters. The molecular weight excluding hydrogens is 312 g/mol. The highest BCUT2D eigenvalue weighted by Crippen LogP contribution is 2.21. The van der Waals surface area contributed by atoms with E-state index in [-0.39, 0.29) is 5.91 Å². The first-order chi connectivity index (χ1) is 11.7. The molecule has 8 nitrogen and oxygen atoms in total. The Morgan fingerprint density at radius 2 is 1.79 bits per heavy atom. The van der Waals surface area contributed by atoms with Gasteiger partial charge in [0.2, 0.25) is 0 Å². The Morgan fingerprint density at radius 1 is 1.08 bits per heavy atom. The lowest BCUT2D eigenvalue weighted by atomic mass is 10.2. The highest BCUT2D eigenvalue weighted by Gasteiger charge is 2.08. The van der Waals surface area contributed by atoms with Crippen LogP contribution >= 0.6 is 0 Å². The van der Waals surface area contributed by atoms with Crippen LogP contribution in [0.2, 0.25) is 0 Å². The minimum Gasteiger partial charge on any atom is -0.497 e. The van der Waals surface area contributed by atoms with Crippen LogP contribution in [0.15, 0.2) is 46.1 Å². The molecule has 0 atom stereocenters. The van der Waals surface area contributed by atoms with Gasteiger partial charge < -0.3 is 9.47 Å². The number of hydrogen-bond donors (Lipinski definition) is 1. The Labute approximate surface area is 137 Å². The number of ether oxygens (including phenoxy) is 2. The van der Waals surface area contributed by atoms with Crippen LogP contribution in [0, 0.1) is 0 Å². The third-order valence-electron chi connectivity index (χ3n) is 3.27. The van der Waals surface area contributed by atoms with Gasteiger partial charge >= 0.3 is 0 Å². The van der Waals surface area contributed by atoms with Gasteiger partial charge in [0.05, 0.1) is 20.4 Å². The topological polar surface area (TPSA) is 98.8 Å². The standard InChI is InChI=1S/C16H14N4O4/c1-22-12-5-10(6-13(8-12)23-2)9-17-18-16(21)11-3-4-14-15(7-11)20-24-19-14/h3-9H,1-2H3,(H,18,21). The Hall–Kier alpha value is -3.42. The lowest BCUT2D eigenvalue weighted by Crippen LogP contribution is -2.17. The van der Waals surface area contributed by atoms with Crippen LogP contribution in [0.5, 0.6) is 11.5 Å². The monoisotopic (exact) mass is 326 g/mol. The van der Waals surface area contributed by atoms with Crippen LogP contribution in [-0.4, -0.2) is 36.7 Å². The van der Waals surface area contributed by atoms with Crippen molar-refractivity contribution in [1.82, 2.24) is 15.7 Å². The third kappa shape index (κ3) is 3.32. The van der Waals surface area contributed by atoms with Crippen molar-refractivity contribution in [2.24, 2.45) is 5.10 Å². The van der Waals surface area contributed by atoms with Crippen molar-refractivity contribution in [2.45, 2.75) is 0 Å². The van der Waals surface area contributed by atoms with E-state index in [9.17, 15) is 4.79 Å². The molecule has 1 amide bonds. The predicted octanol–water partition coefficient (Wildman–Crippen LogP) is 2.00. The van der Waals surface area contributed by atoms with Gasteiger partial charge in [-0.3, -0.25) is 4.79 Å². The molecule has 1 heterocycles. The maximum absolute atomic E-state index is 12.1. The molecule has 3 aromatic rings. The largest absolute Gasteiger partial charge is 0.497 e. The number of aromatic nitrogens is 2. The second-order valence-corrected chi connectivity index (χ2v) is 4.81. The van der Waals surface area contributed by atoms with Crippen molar-refractivity contribution in [1.29, 1.82) is 0 Å². The summed E-state index contributed by atoms with van der Waals surface area (Å²) in [6.45, 7) is 0. The van der Waals surface area contributed by atoms with Gasteiger partial charge in [-0.05, 0) is 40.6 Å². The number of amides is 1. The minimum atomic E-state index is -0.369. The first kappa shape index (κ1) is 15.5. The number of carbonyl (C=O) groups is 1. The summed E-state index contributed by atoms with van der Waals surface area (Å²) in [7, 11) is 3.12. The summed E-state index contributed by atoms with van der Waals surface area (Å²) >= 11 is 0. The van der Waals surface area contributed by atoms with Crippen LogP contribution in [0.4, 0.5) is 0 Å². The second-order valence-electron chi connectivity index (χ2n) is 4.81. The number of methoxy groups -OCH3 is 2. The smallest absolute Gasteiger partial charge is 0.271 e. The molecule has 0 aliphatic rings. The fraction of sp³-hybridized carbons (Fsp3) is 0.125. The number of carbonyl (C=O) groups excluding carboxylic acids is 1. The van der Waals surface area contributed by atoms with E-state index < -0.39 is 0 Å². The maximum Gasteiger partial charge on any atom is 0.271 e. The van der Waals surface area contributed by atoms with Crippen LogP contribution in [0.1, 0.15) is 15.9 Å². The Morgan fingerprint density at radius 3 is 2.50 bits per heavy atom. The van der Waals surface area contributed by atoms with Gasteiger partial charge in [-0.25, -0.2) is 10.1 Å². The first-order valence-corrected chi connectivity index (χ1v) is 6.98. The number of hydrogen-bond acceptors (Lipinski definition) is 7. The van der Waals surface area contributed by atoms with Crippen molar-refractivity contribution in [2.75, 3.05) is 14.2 Å². The van der Waals surface area contributed by atoms with E-state index in [1.54, 1.807) is 50.6 Å². The number of rotatable bonds is 5. The van der Waals surface area contributed by atoms with Crippen molar-refractivity contribution in [3.05, 3.63) is 47.5 Å².